The number of ether oxygens (including phenoxy) is 2. The van der Waals surface area contributed by atoms with E-state index in [1.54, 1.807) is 7.11 Å². The third-order valence-corrected chi connectivity index (χ3v) is 3.06. The molecule has 0 heterocycles. The van der Waals surface area contributed by atoms with Gasteiger partial charge in [0.1, 0.15) is 0 Å². The van der Waals surface area contributed by atoms with Crippen molar-refractivity contribution in [2.24, 2.45) is 5.73 Å². The highest BCUT2D eigenvalue weighted by Gasteiger charge is 2.27. The Morgan fingerprint density at radius 1 is 1.35 bits per heavy atom. The average molecular weight is 256 g/mol. The monoisotopic (exact) mass is 255 g/mol. The van der Waals surface area contributed by atoms with Gasteiger partial charge in [-0.3, -0.25) is 0 Å². The maximum absolute atomic E-state index is 6.23. The van der Waals surface area contributed by atoms with Crippen LogP contribution >= 0.6 is 11.6 Å². The van der Waals surface area contributed by atoms with E-state index in [0.29, 0.717) is 16.5 Å². The normalized spacial score (nSPS) is 15.8. The molecule has 0 radical (unpaired) electrons. The van der Waals surface area contributed by atoms with Crippen molar-refractivity contribution in [2.45, 2.75) is 38.3 Å². The van der Waals surface area contributed by atoms with E-state index in [0.717, 1.165) is 18.4 Å². The maximum atomic E-state index is 6.23. The predicted molar refractivity (Wildman–Crippen MR) is 68.9 cm³/mol. The van der Waals surface area contributed by atoms with E-state index in [1.165, 1.54) is 0 Å². The lowest BCUT2D eigenvalue weighted by Gasteiger charge is -2.22. The summed E-state index contributed by atoms with van der Waals surface area (Å²) in [7, 11) is 1.61. The molecule has 0 amide bonds. The Labute approximate surface area is 107 Å². The summed E-state index contributed by atoms with van der Waals surface area (Å²) in [6.45, 7) is 3.86. The highest BCUT2D eigenvalue weighted by atomic mass is 35.5. The Hall–Kier alpha value is -0.930. The summed E-state index contributed by atoms with van der Waals surface area (Å²) in [5.41, 5.74) is 6.54. The van der Waals surface area contributed by atoms with Crippen molar-refractivity contribution in [3.63, 3.8) is 0 Å². The number of hydrogen-bond acceptors (Lipinski definition) is 3. The Morgan fingerprint density at radius 3 is 2.47 bits per heavy atom. The fraction of sp³-hybridized carbons (Fsp3) is 0.538. The van der Waals surface area contributed by atoms with Crippen LogP contribution in [-0.2, 0) is 5.54 Å². The third kappa shape index (κ3) is 2.85. The number of nitrogens with two attached hydrogens (primary N) is 1. The molecule has 1 aromatic carbocycles. The lowest BCUT2D eigenvalue weighted by molar-refractivity contribution is 0.282. The Balaban J connectivity index is 2.39. The van der Waals surface area contributed by atoms with Gasteiger partial charge in [0.15, 0.2) is 11.5 Å². The Bertz CT molecular complexity index is 422. The van der Waals surface area contributed by atoms with Gasteiger partial charge >= 0.3 is 0 Å². The lowest BCUT2D eigenvalue weighted by Crippen LogP contribution is -2.28. The molecule has 0 saturated heterocycles. The van der Waals surface area contributed by atoms with Gasteiger partial charge in [-0.2, -0.15) is 0 Å². The molecule has 0 atom stereocenters. The Kier molecular flexibility index (Phi) is 3.23. The first kappa shape index (κ1) is 12.5. The van der Waals surface area contributed by atoms with E-state index in [-0.39, 0.29) is 6.10 Å². The van der Waals surface area contributed by atoms with Gasteiger partial charge < -0.3 is 15.2 Å². The molecule has 0 spiro atoms. The van der Waals surface area contributed by atoms with Gasteiger partial charge in [0, 0.05) is 5.54 Å². The summed E-state index contributed by atoms with van der Waals surface area (Å²) in [4.78, 5) is 0. The minimum atomic E-state index is -0.449. The van der Waals surface area contributed by atoms with Crippen molar-refractivity contribution >= 4 is 11.6 Å². The first-order valence-corrected chi connectivity index (χ1v) is 6.13. The van der Waals surface area contributed by atoms with Crippen molar-refractivity contribution in [3.05, 3.63) is 22.7 Å². The van der Waals surface area contributed by atoms with E-state index in [9.17, 15) is 0 Å². The molecule has 1 aliphatic carbocycles. The fourth-order valence-corrected chi connectivity index (χ4v) is 1.81. The summed E-state index contributed by atoms with van der Waals surface area (Å²) in [5, 5.41) is 0.560. The van der Waals surface area contributed by atoms with Crippen molar-refractivity contribution in [2.75, 3.05) is 7.11 Å². The molecule has 1 aliphatic rings. The van der Waals surface area contributed by atoms with E-state index in [1.807, 2.05) is 26.0 Å². The van der Waals surface area contributed by atoms with Gasteiger partial charge in [-0.25, -0.2) is 0 Å². The van der Waals surface area contributed by atoms with E-state index >= 15 is 0 Å². The molecular formula is C13H18ClNO2. The lowest BCUT2D eigenvalue weighted by atomic mass is 9.95. The molecule has 1 fully saturated rings. The minimum Gasteiger partial charge on any atom is -0.493 e. The van der Waals surface area contributed by atoms with E-state index < -0.39 is 5.54 Å². The second-order valence-electron chi connectivity index (χ2n) is 5.03. The minimum absolute atomic E-state index is 0.290. The van der Waals surface area contributed by atoms with Crippen LogP contribution in [0.15, 0.2) is 12.1 Å². The van der Waals surface area contributed by atoms with Crippen LogP contribution in [0.5, 0.6) is 11.5 Å². The number of halogens is 1. The molecule has 17 heavy (non-hydrogen) atoms. The molecule has 4 heteroatoms. The summed E-state index contributed by atoms with van der Waals surface area (Å²) in [6, 6.07) is 3.74. The zero-order valence-corrected chi connectivity index (χ0v) is 11.2. The van der Waals surface area contributed by atoms with Gasteiger partial charge in [-0.1, -0.05) is 11.6 Å². The summed E-state index contributed by atoms with van der Waals surface area (Å²) >= 11 is 6.23. The van der Waals surface area contributed by atoms with Crippen LogP contribution in [0.1, 0.15) is 32.3 Å². The van der Waals surface area contributed by atoms with Crippen LogP contribution in [0.3, 0.4) is 0 Å². The number of hydrogen-bond donors (Lipinski definition) is 1. The molecule has 2 rings (SSSR count). The molecule has 1 aromatic rings. The zero-order chi connectivity index (χ0) is 12.6. The molecule has 94 valence electrons. The maximum Gasteiger partial charge on any atom is 0.180 e. The summed E-state index contributed by atoms with van der Waals surface area (Å²) in [5.74, 6) is 1.28. The predicted octanol–water partition coefficient (Wildman–Crippen LogP) is 3.08. The molecule has 0 aliphatic heterocycles. The fourth-order valence-electron chi connectivity index (χ4n) is 1.56. The smallest absolute Gasteiger partial charge is 0.180 e. The molecule has 3 nitrogen and oxygen atoms in total. The zero-order valence-electron chi connectivity index (χ0n) is 10.4. The second kappa shape index (κ2) is 4.39. The molecule has 2 N–H and O–H groups in total. The summed E-state index contributed by atoms with van der Waals surface area (Å²) in [6.07, 6.45) is 2.46. The first-order valence-electron chi connectivity index (χ1n) is 5.75. The molecule has 0 unspecified atom stereocenters. The summed E-state index contributed by atoms with van der Waals surface area (Å²) < 4.78 is 11.1. The largest absolute Gasteiger partial charge is 0.493 e. The standard InChI is InChI=1S/C13H18ClNO2/c1-13(2,15)8-6-10(14)12(11(7-8)16-3)17-9-4-5-9/h6-7,9H,4-5,15H2,1-3H3. The van der Waals surface area contributed by atoms with Crippen molar-refractivity contribution < 1.29 is 9.47 Å². The van der Waals surface area contributed by atoms with Crippen molar-refractivity contribution in [1.82, 2.24) is 0 Å². The number of benzene rings is 1. The van der Waals surface area contributed by atoms with Crippen LogP contribution in [-0.4, -0.2) is 13.2 Å². The average Bonchev–Trinajstić information content (AvgIpc) is 3.03. The van der Waals surface area contributed by atoms with E-state index in [4.69, 9.17) is 26.8 Å². The quantitative estimate of drug-likeness (QED) is 0.899. The molecular weight excluding hydrogens is 238 g/mol. The topological polar surface area (TPSA) is 44.5 Å². The highest BCUT2D eigenvalue weighted by Crippen LogP contribution is 2.41. The van der Waals surface area contributed by atoms with Gasteiger partial charge in [-0.15, -0.1) is 0 Å². The van der Waals surface area contributed by atoms with Crippen LogP contribution in [0.2, 0.25) is 5.02 Å². The van der Waals surface area contributed by atoms with Crippen LogP contribution in [0.25, 0.3) is 0 Å². The molecule has 1 saturated carbocycles. The SMILES string of the molecule is COc1cc(C(C)(C)N)cc(Cl)c1OC1CC1. The molecule has 0 bridgehead atoms. The van der Waals surface area contributed by atoms with Crippen molar-refractivity contribution in [1.29, 1.82) is 0 Å². The second-order valence-corrected chi connectivity index (χ2v) is 5.44. The van der Waals surface area contributed by atoms with Gasteiger partial charge in [0.05, 0.1) is 18.2 Å². The van der Waals surface area contributed by atoms with E-state index in [2.05, 4.69) is 0 Å². The number of methoxy groups -OCH3 is 1. The first-order chi connectivity index (χ1) is 7.91. The number of rotatable bonds is 4. The van der Waals surface area contributed by atoms with Crippen LogP contribution < -0.4 is 15.2 Å². The van der Waals surface area contributed by atoms with Crippen LogP contribution in [0, 0.1) is 0 Å². The molecule has 0 aromatic heterocycles. The third-order valence-electron chi connectivity index (χ3n) is 2.78. The highest BCUT2D eigenvalue weighted by molar-refractivity contribution is 6.32. The van der Waals surface area contributed by atoms with Gasteiger partial charge in [-0.05, 0) is 44.4 Å². The van der Waals surface area contributed by atoms with Gasteiger partial charge in [0.25, 0.3) is 0 Å². The van der Waals surface area contributed by atoms with Crippen molar-refractivity contribution in [3.8, 4) is 11.5 Å². The Morgan fingerprint density at radius 2 is 2.00 bits per heavy atom. The van der Waals surface area contributed by atoms with Gasteiger partial charge in [0.2, 0.25) is 0 Å². The van der Waals surface area contributed by atoms with Crippen LogP contribution in [0.4, 0.5) is 0 Å².